The van der Waals surface area contributed by atoms with Crippen molar-refractivity contribution in [3.05, 3.63) is 102 Å². The van der Waals surface area contributed by atoms with Gasteiger partial charge in [-0.1, -0.05) is 60.7 Å². The molecule has 32 heavy (non-hydrogen) atoms. The summed E-state index contributed by atoms with van der Waals surface area (Å²) >= 11 is 0. The van der Waals surface area contributed by atoms with Gasteiger partial charge < -0.3 is 9.80 Å². The molecule has 0 N–H and O–H groups in total. The summed E-state index contributed by atoms with van der Waals surface area (Å²) in [5.41, 5.74) is 11.9. The Bertz CT molecular complexity index is 1220. The van der Waals surface area contributed by atoms with Gasteiger partial charge >= 0.3 is 0 Å². The Morgan fingerprint density at radius 3 is 1.91 bits per heavy atom. The van der Waals surface area contributed by atoms with Crippen molar-refractivity contribution in [3.63, 3.8) is 0 Å². The van der Waals surface area contributed by atoms with Gasteiger partial charge in [0.05, 0.1) is 0 Å². The van der Waals surface area contributed by atoms with Crippen molar-refractivity contribution in [1.82, 2.24) is 0 Å². The summed E-state index contributed by atoms with van der Waals surface area (Å²) in [5, 5.41) is 0. The number of hydrogen-bond donors (Lipinski definition) is 0. The molecule has 0 amide bonds. The smallest absolute Gasteiger partial charge is 0.0452 e. The highest BCUT2D eigenvalue weighted by molar-refractivity contribution is 5.84. The molecule has 0 bridgehead atoms. The summed E-state index contributed by atoms with van der Waals surface area (Å²) < 4.78 is 0. The minimum atomic E-state index is 0.935. The molecule has 0 spiro atoms. The van der Waals surface area contributed by atoms with E-state index in [1.807, 2.05) is 0 Å². The van der Waals surface area contributed by atoms with E-state index in [0.717, 1.165) is 19.5 Å². The van der Waals surface area contributed by atoms with Gasteiger partial charge in [-0.3, -0.25) is 0 Å². The largest absolute Gasteiger partial charge is 0.375 e. The summed E-state index contributed by atoms with van der Waals surface area (Å²) in [6, 6.07) is 33.4. The van der Waals surface area contributed by atoms with Crippen molar-refractivity contribution in [3.8, 4) is 22.3 Å². The first-order chi connectivity index (χ1) is 15.7. The van der Waals surface area contributed by atoms with Crippen LogP contribution in [0.1, 0.15) is 25.0 Å². The summed E-state index contributed by atoms with van der Waals surface area (Å²) in [6.45, 7) is 6.35. The van der Waals surface area contributed by atoms with E-state index in [0.29, 0.717) is 0 Å². The predicted molar refractivity (Wildman–Crippen MR) is 138 cm³/mol. The molecule has 4 aromatic rings. The Morgan fingerprint density at radius 2 is 1.25 bits per heavy atom. The molecular weight excluding hydrogens is 388 g/mol. The fourth-order valence-electron chi connectivity index (χ4n) is 4.81. The van der Waals surface area contributed by atoms with Gasteiger partial charge in [0.15, 0.2) is 0 Å². The van der Waals surface area contributed by atoms with Crippen molar-refractivity contribution in [2.24, 2.45) is 0 Å². The van der Waals surface area contributed by atoms with Crippen LogP contribution in [0.15, 0.2) is 91.0 Å². The fraction of sp³-hybridized carbons (Fsp3) is 0.200. The average Bonchev–Trinajstić information content (AvgIpc) is 3.24. The van der Waals surface area contributed by atoms with Gasteiger partial charge in [-0.25, -0.2) is 0 Å². The standard InChI is InChI=1S/C30H30N2/c1-4-31(3)25-17-13-22(14-18-25)23-15-19-26(20-16-23)32(5-2)30-12-8-11-28-27-10-7-6-9-24(27)21-29(28)30/h6-20H,4-5,21H2,1-3H3. The van der Waals surface area contributed by atoms with Crippen LogP contribution < -0.4 is 9.80 Å². The molecule has 0 fully saturated rings. The summed E-state index contributed by atoms with van der Waals surface area (Å²) in [4.78, 5) is 4.69. The van der Waals surface area contributed by atoms with Crippen molar-refractivity contribution in [2.45, 2.75) is 20.3 Å². The van der Waals surface area contributed by atoms with E-state index < -0.39 is 0 Å². The van der Waals surface area contributed by atoms with Crippen LogP contribution >= 0.6 is 0 Å². The lowest BCUT2D eigenvalue weighted by molar-refractivity contribution is 0.968. The third-order valence-electron chi connectivity index (χ3n) is 6.73. The first-order valence-electron chi connectivity index (χ1n) is 11.6. The molecule has 5 rings (SSSR count). The van der Waals surface area contributed by atoms with Crippen LogP contribution in [0, 0.1) is 0 Å². The lowest BCUT2D eigenvalue weighted by Crippen LogP contribution is -2.17. The van der Waals surface area contributed by atoms with Gasteiger partial charge in [-0.15, -0.1) is 0 Å². The molecule has 1 aliphatic rings. The summed E-state index contributed by atoms with van der Waals surface area (Å²) in [5.74, 6) is 0. The third kappa shape index (κ3) is 3.56. The second-order valence-electron chi connectivity index (χ2n) is 8.49. The van der Waals surface area contributed by atoms with Gasteiger partial charge in [-0.2, -0.15) is 0 Å². The fourth-order valence-corrected chi connectivity index (χ4v) is 4.81. The lowest BCUT2D eigenvalue weighted by atomic mass is 10.0. The van der Waals surface area contributed by atoms with E-state index in [9.17, 15) is 0 Å². The molecule has 0 unspecified atom stereocenters. The van der Waals surface area contributed by atoms with Crippen LogP contribution in [0.25, 0.3) is 22.3 Å². The Morgan fingerprint density at radius 1 is 0.625 bits per heavy atom. The molecule has 0 aromatic heterocycles. The number of anilines is 3. The zero-order chi connectivity index (χ0) is 22.1. The second-order valence-corrected chi connectivity index (χ2v) is 8.49. The minimum Gasteiger partial charge on any atom is -0.375 e. The highest BCUT2D eigenvalue weighted by Gasteiger charge is 2.23. The zero-order valence-electron chi connectivity index (χ0n) is 19.2. The quantitative estimate of drug-likeness (QED) is 0.281. The summed E-state index contributed by atoms with van der Waals surface area (Å²) in [6.07, 6.45) is 1.01. The Balaban J connectivity index is 1.44. The van der Waals surface area contributed by atoms with E-state index in [1.54, 1.807) is 0 Å². The number of rotatable bonds is 6. The van der Waals surface area contributed by atoms with Crippen LogP contribution in [0.2, 0.25) is 0 Å². The Labute approximate surface area is 191 Å². The molecule has 0 radical (unpaired) electrons. The van der Waals surface area contributed by atoms with Gasteiger partial charge in [0.2, 0.25) is 0 Å². The first-order valence-corrected chi connectivity index (χ1v) is 11.6. The lowest BCUT2D eigenvalue weighted by Gasteiger charge is -2.26. The van der Waals surface area contributed by atoms with Gasteiger partial charge in [0, 0.05) is 43.6 Å². The Hall–Kier alpha value is -3.52. The molecule has 160 valence electrons. The van der Waals surface area contributed by atoms with E-state index in [1.165, 1.54) is 50.4 Å². The topological polar surface area (TPSA) is 6.48 Å². The Kier molecular flexibility index (Phi) is 5.45. The maximum Gasteiger partial charge on any atom is 0.0452 e. The highest BCUT2D eigenvalue weighted by atomic mass is 15.1. The minimum absolute atomic E-state index is 0.935. The van der Waals surface area contributed by atoms with Crippen LogP contribution in [-0.2, 0) is 6.42 Å². The third-order valence-corrected chi connectivity index (χ3v) is 6.73. The van der Waals surface area contributed by atoms with Crippen LogP contribution in [0.4, 0.5) is 17.1 Å². The van der Waals surface area contributed by atoms with Gasteiger partial charge in [0.25, 0.3) is 0 Å². The predicted octanol–water partition coefficient (Wildman–Crippen LogP) is 7.54. The van der Waals surface area contributed by atoms with Gasteiger partial charge in [-0.05, 0) is 77.6 Å². The second kappa shape index (κ2) is 8.55. The van der Waals surface area contributed by atoms with Gasteiger partial charge in [0.1, 0.15) is 0 Å². The van der Waals surface area contributed by atoms with E-state index >= 15 is 0 Å². The number of fused-ring (bicyclic) bond motifs is 3. The maximum atomic E-state index is 2.44. The highest BCUT2D eigenvalue weighted by Crippen LogP contribution is 2.43. The number of hydrogen-bond acceptors (Lipinski definition) is 2. The molecule has 0 saturated heterocycles. The molecule has 1 aliphatic carbocycles. The van der Waals surface area contributed by atoms with Crippen molar-refractivity contribution < 1.29 is 0 Å². The normalized spacial score (nSPS) is 11.7. The number of nitrogens with zero attached hydrogens (tertiary/aromatic N) is 2. The maximum absolute atomic E-state index is 2.44. The zero-order valence-corrected chi connectivity index (χ0v) is 19.2. The molecule has 2 nitrogen and oxygen atoms in total. The van der Waals surface area contributed by atoms with Crippen LogP contribution in [0.3, 0.4) is 0 Å². The first kappa shape index (κ1) is 20.4. The van der Waals surface area contributed by atoms with Crippen molar-refractivity contribution in [1.29, 1.82) is 0 Å². The SMILES string of the molecule is CCN(C)c1ccc(-c2ccc(N(CC)c3cccc4c3Cc3ccccc3-4)cc2)cc1. The molecule has 0 saturated carbocycles. The molecule has 4 aromatic carbocycles. The van der Waals surface area contributed by atoms with Crippen molar-refractivity contribution >= 4 is 17.1 Å². The molecule has 0 heterocycles. The van der Waals surface area contributed by atoms with E-state index in [-0.39, 0.29) is 0 Å². The van der Waals surface area contributed by atoms with E-state index in [4.69, 9.17) is 0 Å². The van der Waals surface area contributed by atoms with E-state index in [2.05, 4.69) is 122 Å². The number of benzene rings is 4. The molecular formula is C30H30N2. The monoisotopic (exact) mass is 418 g/mol. The van der Waals surface area contributed by atoms with Crippen LogP contribution in [-0.4, -0.2) is 20.1 Å². The molecule has 2 heteroatoms. The van der Waals surface area contributed by atoms with Crippen molar-refractivity contribution in [2.75, 3.05) is 29.9 Å². The summed E-state index contributed by atoms with van der Waals surface area (Å²) in [7, 11) is 2.13. The molecule has 0 atom stereocenters. The average molecular weight is 419 g/mol. The van der Waals surface area contributed by atoms with Crippen LogP contribution in [0.5, 0.6) is 0 Å². The molecule has 0 aliphatic heterocycles.